The fourth-order valence-corrected chi connectivity index (χ4v) is 4.07. The molecule has 9 heteroatoms. The highest BCUT2D eigenvalue weighted by Crippen LogP contribution is 2.32. The number of ether oxygens (including phenoxy) is 1. The fourth-order valence-electron chi connectivity index (χ4n) is 4.07. The quantitative estimate of drug-likeness (QED) is 0.399. The lowest BCUT2D eigenvalue weighted by molar-refractivity contribution is 0.0642. The largest absolute Gasteiger partial charge is 0.497 e. The van der Waals surface area contributed by atoms with Gasteiger partial charge in [-0.1, -0.05) is 24.3 Å². The van der Waals surface area contributed by atoms with Crippen LogP contribution in [0.25, 0.3) is 11.5 Å². The number of pyridine rings is 1. The first-order valence-electron chi connectivity index (χ1n) is 11.2. The number of imide groups is 1. The van der Waals surface area contributed by atoms with Gasteiger partial charge in [-0.15, -0.1) is 10.2 Å². The van der Waals surface area contributed by atoms with Gasteiger partial charge in [0.2, 0.25) is 0 Å². The molecule has 0 aliphatic carbocycles. The highest BCUT2D eigenvalue weighted by molar-refractivity contribution is 6.23. The molecule has 0 fully saturated rings. The summed E-state index contributed by atoms with van der Waals surface area (Å²) in [6.07, 6.45) is 1.67. The first-order valence-corrected chi connectivity index (χ1v) is 11.2. The Balaban J connectivity index is 1.42. The van der Waals surface area contributed by atoms with Crippen LogP contribution >= 0.6 is 0 Å². The summed E-state index contributed by atoms with van der Waals surface area (Å²) >= 11 is 0. The second-order valence-electron chi connectivity index (χ2n) is 8.46. The lowest BCUT2D eigenvalue weighted by Gasteiger charge is -2.15. The molecule has 1 aliphatic heterocycles. The number of aromatic nitrogens is 4. The molecule has 2 amide bonds. The molecule has 4 aromatic rings. The maximum atomic E-state index is 13.3. The Labute approximate surface area is 202 Å². The molecule has 0 unspecified atom stereocenters. The molecule has 5 rings (SSSR count). The molecule has 35 heavy (non-hydrogen) atoms. The van der Waals surface area contributed by atoms with E-state index in [-0.39, 0.29) is 24.4 Å². The van der Waals surface area contributed by atoms with E-state index in [1.165, 1.54) is 4.90 Å². The summed E-state index contributed by atoms with van der Waals surface area (Å²) in [6.45, 7) is 4.26. The highest BCUT2D eigenvalue weighted by atomic mass is 16.5. The van der Waals surface area contributed by atoms with Crippen molar-refractivity contribution in [1.82, 2.24) is 24.6 Å². The molecule has 0 spiro atoms. The van der Waals surface area contributed by atoms with Crippen LogP contribution in [0.2, 0.25) is 0 Å². The Morgan fingerprint density at radius 2 is 1.74 bits per heavy atom. The summed E-state index contributed by atoms with van der Waals surface area (Å²) < 4.78 is 7.12. The molecular formula is C26H24N6O3. The normalized spacial score (nSPS) is 12.9. The number of carbonyl (C=O) groups is 2. The summed E-state index contributed by atoms with van der Waals surface area (Å²) in [4.78, 5) is 32.3. The first-order chi connectivity index (χ1) is 17.0. The van der Waals surface area contributed by atoms with Crippen molar-refractivity contribution in [3.63, 3.8) is 0 Å². The van der Waals surface area contributed by atoms with Gasteiger partial charge in [0.25, 0.3) is 11.8 Å². The molecule has 176 valence electrons. The zero-order valence-corrected chi connectivity index (χ0v) is 19.6. The van der Waals surface area contributed by atoms with E-state index in [2.05, 4.69) is 20.5 Å². The van der Waals surface area contributed by atoms with Crippen LogP contribution in [0.3, 0.4) is 0 Å². The number of methoxy groups -OCH3 is 1. The summed E-state index contributed by atoms with van der Waals surface area (Å²) in [7, 11) is 1.59. The van der Waals surface area contributed by atoms with Crippen molar-refractivity contribution in [3.8, 4) is 17.3 Å². The minimum Gasteiger partial charge on any atom is -0.497 e. The lowest BCUT2D eigenvalue weighted by Crippen LogP contribution is -2.29. The molecule has 9 nitrogen and oxygen atoms in total. The Kier molecular flexibility index (Phi) is 5.74. The smallest absolute Gasteiger partial charge is 0.263 e. The van der Waals surface area contributed by atoms with Crippen molar-refractivity contribution in [2.24, 2.45) is 0 Å². The average Bonchev–Trinajstić information content (AvgIpc) is 3.45. The van der Waals surface area contributed by atoms with Crippen molar-refractivity contribution in [3.05, 3.63) is 83.7 Å². The third-order valence-electron chi connectivity index (χ3n) is 5.87. The number of nitrogens with one attached hydrogen (secondary N) is 1. The molecular weight excluding hydrogens is 444 g/mol. The number of hydrogen-bond acceptors (Lipinski definition) is 7. The summed E-state index contributed by atoms with van der Waals surface area (Å²) in [5.74, 6) is 1.22. The zero-order valence-electron chi connectivity index (χ0n) is 19.6. The van der Waals surface area contributed by atoms with E-state index < -0.39 is 0 Å². The number of amides is 2. The van der Waals surface area contributed by atoms with Gasteiger partial charge in [0, 0.05) is 6.04 Å². The second-order valence-corrected chi connectivity index (χ2v) is 8.46. The molecule has 0 saturated heterocycles. The molecule has 1 N–H and O–H groups in total. The monoisotopic (exact) mass is 468 g/mol. The Morgan fingerprint density at radius 1 is 0.971 bits per heavy atom. The average molecular weight is 469 g/mol. The van der Waals surface area contributed by atoms with Crippen LogP contribution in [0.4, 0.5) is 11.5 Å². The van der Waals surface area contributed by atoms with E-state index in [9.17, 15) is 9.59 Å². The number of carbonyl (C=O) groups excluding carboxylic acids is 2. The van der Waals surface area contributed by atoms with Gasteiger partial charge < -0.3 is 14.6 Å². The maximum absolute atomic E-state index is 13.3. The van der Waals surface area contributed by atoms with Gasteiger partial charge in [-0.05, 0) is 55.8 Å². The van der Waals surface area contributed by atoms with Crippen molar-refractivity contribution in [1.29, 1.82) is 0 Å². The van der Waals surface area contributed by atoms with E-state index in [1.54, 1.807) is 49.8 Å². The van der Waals surface area contributed by atoms with Crippen molar-refractivity contribution >= 4 is 23.3 Å². The van der Waals surface area contributed by atoms with Gasteiger partial charge in [-0.2, -0.15) is 0 Å². The number of anilines is 2. The molecule has 2 aromatic heterocycles. The van der Waals surface area contributed by atoms with E-state index in [0.29, 0.717) is 39.9 Å². The van der Waals surface area contributed by atoms with Crippen molar-refractivity contribution in [2.45, 2.75) is 26.4 Å². The van der Waals surface area contributed by atoms with Crippen LogP contribution in [0.15, 0.2) is 67.0 Å². The van der Waals surface area contributed by atoms with Crippen LogP contribution in [-0.2, 0) is 6.54 Å². The highest BCUT2D eigenvalue weighted by Gasteiger charge is 2.37. The fraction of sp³-hybridized carbons (Fsp3) is 0.192. The molecule has 3 heterocycles. The van der Waals surface area contributed by atoms with E-state index in [0.717, 1.165) is 5.56 Å². The molecule has 0 radical (unpaired) electrons. The van der Waals surface area contributed by atoms with Gasteiger partial charge in [0.15, 0.2) is 5.82 Å². The van der Waals surface area contributed by atoms with Crippen LogP contribution in [-0.4, -0.2) is 43.6 Å². The van der Waals surface area contributed by atoms with Gasteiger partial charge in [0.05, 0.1) is 30.5 Å². The van der Waals surface area contributed by atoms with Crippen molar-refractivity contribution < 1.29 is 14.3 Å². The lowest BCUT2D eigenvalue weighted by atomic mass is 10.1. The third-order valence-corrected chi connectivity index (χ3v) is 5.87. The van der Waals surface area contributed by atoms with Crippen LogP contribution in [0.5, 0.6) is 5.75 Å². The van der Waals surface area contributed by atoms with E-state index in [1.807, 2.05) is 42.7 Å². The predicted molar refractivity (Wildman–Crippen MR) is 131 cm³/mol. The summed E-state index contributed by atoms with van der Waals surface area (Å²) in [5, 5.41) is 11.4. The first kappa shape index (κ1) is 22.3. The molecule has 0 bridgehead atoms. The Bertz CT molecular complexity index is 1410. The van der Waals surface area contributed by atoms with E-state index >= 15 is 0 Å². The predicted octanol–water partition coefficient (Wildman–Crippen LogP) is 4.47. The minimum absolute atomic E-state index is 0.175. The van der Waals surface area contributed by atoms with Crippen LogP contribution in [0.1, 0.15) is 46.2 Å². The topological polar surface area (TPSA) is 102 Å². The number of rotatable bonds is 7. The Morgan fingerprint density at radius 3 is 2.49 bits per heavy atom. The molecule has 0 atom stereocenters. The minimum atomic E-state index is -0.348. The van der Waals surface area contributed by atoms with Gasteiger partial charge in [-0.25, -0.2) is 4.98 Å². The van der Waals surface area contributed by atoms with Gasteiger partial charge in [-0.3, -0.25) is 14.5 Å². The molecule has 2 aromatic carbocycles. The number of nitrogens with zero attached hydrogens (tertiary/aromatic N) is 5. The zero-order chi connectivity index (χ0) is 24.5. The summed E-state index contributed by atoms with van der Waals surface area (Å²) in [6, 6.07) is 18.2. The van der Waals surface area contributed by atoms with Crippen molar-refractivity contribution in [2.75, 3.05) is 12.4 Å². The maximum Gasteiger partial charge on any atom is 0.263 e. The third kappa shape index (κ3) is 4.12. The van der Waals surface area contributed by atoms with Crippen LogP contribution < -0.4 is 10.1 Å². The van der Waals surface area contributed by atoms with Crippen LogP contribution in [0, 0.1) is 0 Å². The summed E-state index contributed by atoms with van der Waals surface area (Å²) in [5.41, 5.74) is 2.71. The standard InChI is InChI=1S/C26H24N6O3/c1-16(2)32-15-27-30-24(32)21-8-5-9-22(29-21)28-20-7-4-6-19-23(20)26(34)31(25(19)33)14-17-10-12-18(35-3)13-11-17/h4-13,15-16H,14H2,1-3H3,(H,28,29). The van der Waals surface area contributed by atoms with Gasteiger partial charge >= 0.3 is 0 Å². The molecule has 0 saturated carbocycles. The number of benzene rings is 2. The SMILES string of the molecule is COc1ccc(CN2C(=O)c3cccc(Nc4cccc(-c5nncn5C(C)C)n4)c3C2=O)cc1. The second kappa shape index (κ2) is 9.02. The van der Waals surface area contributed by atoms with E-state index in [4.69, 9.17) is 4.74 Å². The molecule has 1 aliphatic rings. The van der Waals surface area contributed by atoms with Gasteiger partial charge in [0.1, 0.15) is 23.6 Å². The Hall–Kier alpha value is -4.53. The number of hydrogen-bond donors (Lipinski definition) is 1. The number of fused-ring (bicyclic) bond motifs is 1.